The fourth-order valence-electron chi connectivity index (χ4n) is 3.07. The Morgan fingerprint density at radius 3 is 2.72 bits per heavy atom. The Labute approximate surface area is 183 Å². The number of carbonyl (C=O) groups excluding carboxylic acids is 1. The molecule has 1 aromatic heterocycles. The topological polar surface area (TPSA) is 55.2 Å². The standard InChI is InChI=1S/C22H24BrN3O2S/c1-4-11-26-21(28)18-12-17(23)9-10-19(18)24-22(26)29-14-20(27)25(3)13-16-8-6-5-7-15(16)2/h5-10,12H,4,11,13-14H2,1-3H3. The third-order valence-electron chi connectivity index (χ3n) is 4.75. The summed E-state index contributed by atoms with van der Waals surface area (Å²) in [5.74, 6) is 0.243. The minimum Gasteiger partial charge on any atom is -0.341 e. The number of thioether (sulfide) groups is 1. The number of nitrogens with zero attached hydrogens (tertiary/aromatic N) is 3. The number of carbonyl (C=O) groups is 1. The third kappa shape index (κ3) is 5.08. The van der Waals surface area contributed by atoms with Crippen LogP contribution in [0.25, 0.3) is 10.9 Å². The van der Waals surface area contributed by atoms with E-state index in [4.69, 9.17) is 0 Å². The highest BCUT2D eigenvalue weighted by atomic mass is 79.9. The van der Waals surface area contributed by atoms with Crippen LogP contribution in [0.2, 0.25) is 0 Å². The van der Waals surface area contributed by atoms with Gasteiger partial charge in [0.2, 0.25) is 5.91 Å². The fourth-order valence-corrected chi connectivity index (χ4v) is 4.40. The molecule has 0 fully saturated rings. The second kappa shape index (κ2) is 9.59. The smallest absolute Gasteiger partial charge is 0.262 e. The Kier molecular flexibility index (Phi) is 7.14. The van der Waals surface area contributed by atoms with Gasteiger partial charge in [0.05, 0.1) is 16.7 Å². The van der Waals surface area contributed by atoms with Crippen molar-refractivity contribution in [1.82, 2.24) is 14.5 Å². The minimum absolute atomic E-state index is 0.00598. The quantitative estimate of drug-likeness (QED) is 0.370. The van der Waals surface area contributed by atoms with Gasteiger partial charge < -0.3 is 4.90 Å². The van der Waals surface area contributed by atoms with Gasteiger partial charge in [-0.15, -0.1) is 0 Å². The molecule has 0 spiro atoms. The van der Waals surface area contributed by atoms with E-state index in [0.29, 0.717) is 29.1 Å². The van der Waals surface area contributed by atoms with Gasteiger partial charge in [-0.3, -0.25) is 14.2 Å². The van der Waals surface area contributed by atoms with E-state index >= 15 is 0 Å². The van der Waals surface area contributed by atoms with Crippen molar-refractivity contribution < 1.29 is 4.79 Å². The van der Waals surface area contributed by atoms with Gasteiger partial charge in [-0.05, 0) is 42.7 Å². The van der Waals surface area contributed by atoms with Gasteiger partial charge in [0, 0.05) is 24.6 Å². The molecule has 7 heteroatoms. The number of hydrogen-bond donors (Lipinski definition) is 0. The second-order valence-corrected chi connectivity index (χ2v) is 8.84. The molecule has 2 aromatic carbocycles. The van der Waals surface area contributed by atoms with Gasteiger partial charge >= 0.3 is 0 Å². The summed E-state index contributed by atoms with van der Waals surface area (Å²) in [6.45, 7) is 5.20. The summed E-state index contributed by atoms with van der Waals surface area (Å²) < 4.78 is 2.52. The SMILES string of the molecule is CCCn1c(SCC(=O)N(C)Cc2ccccc2C)nc2ccc(Br)cc2c1=O. The lowest BCUT2D eigenvalue weighted by molar-refractivity contribution is -0.127. The number of aryl methyl sites for hydroxylation is 1. The van der Waals surface area contributed by atoms with Crippen LogP contribution in [0, 0.1) is 6.92 Å². The predicted molar refractivity (Wildman–Crippen MR) is 122 cm³/mol. The summed E-state index contributed by atoms with van der Waals surface area (Å²) in [7, 11) is 1.81. The summed E-state index contributed by atoms with van der Waals surface area (Å²) >= 11 is 4.74. The molecule has 0 bridgehead atoms. The van der Waals surface area contributed by atoms with E-state index in [-0.39, 0.29) is 17.2 Å². The number of benzene rings is 2. The van der Waals surface area contributed by atoms with Crippen LogP contribution < -0.4 is 5.56 Å². The van der Waals surface area contributed by atoms with Crippen molar-refractivity contribution in [2.45, 2.75) is 38.5 Å². The summed E-state index contributed by atoms with van der Waals surface area (Å²) in [6.07, 6.45) is 0.815. The lowest BCUT2D eigenvalue weighted by Gasteiger charge is -2.19. The number of hydrogen-bond acceptors (Lipinski definition) is 4. The number of amides is 1. The van der Waals surface area contributed by atoms with E-state index in [2.05, 4.69) is 20.9 Å². The lowest BCUT2D eigenvalue weighted by Crippen LogP contribution is -2.29. The number of halogens is 1. The van der Waals surface area contributed by atoms with E-state index in [1.165, 1.54) is 17.3 Å². The number of fused-ring (bicyclic) bond motifs is 1. The molecule has 3 aromatic rings. The molecule has 0 radical (unpaired) electrons. The zero-order chi connectivity index (χ0) is 21.0. The van der Waals surface area contributed by atoms with E-state index in [9.17, 15) is 9.59 Å². The molecule has 29 heavy (non-hydrogen) atoms. The highest BCUT2D eigenvalue weighted by Gasteiger charge is 2.16. The Hall–Kier alpha value is -2.12. The van der Waals surface area contributed by atoms with Crippen LogP contribution in [0.1, 0.15) is 24.5 Å². The summed E-state index contributed by atoms with van der Waals surface area (Å²) in [5.41, 5.74) is 2.87. The monoisotopic (exact) mass is 473 g/mol. The molecule has 0 aliphatic rings. The van der Waals surface area contributed by atoms with Gasteiger partial charge in [0.1, 0.15) is 0 Å². The summed E-state index contributed by atoms with van der Waals surface area (Å²) in [6, 6.07) is 13.6. The summed E-state index contributed by atoms with van der Waals surface area (Å²) in [5, 5.41) is 1.17. The molecule has 1 heterocycles. The molecule has 1 amide bonds. The van der Waals surface area contributed by atoms with Crippen LogP contribution in [0.5, 0.6) is 0 Å². The maximum absolute atomic E-state index is 12.9. The Balaban J connectivity index is 1.79. The molecule has 3 rings (SSSR count). The van der Waals surface area contributed by atoms with Crippen LogP contribution in [0.15, 0.2) is 56.9 Å². The third-order valence-corrected chi connectivity index (χ3v) is 6.20. The van der Waals surface area contributed by atoms with E-state index in [1.807, 2.05) is 50.2 Å². The van der Waals surface area contributed by atoms with Crippen LogP contribution in [0.3, 0.4) is 0 Å². The zero-order valence-electron chi connectivity index (χ0n) is 16.8. The van der Waals surface area contributed by atoms with Gasteiger partial charge in [-0.25, -0.2) is 4.98 Å². The first kappa shape index (κ1) is 21.6. The van der Waals surface area contributed by atoms with Crippen molar-refractivity contribution in [2.24, 2.45) is 0 Å². The molecule has 5 nitrogen and oxygen atoms in total. The number of aromatic nitrogens is 2. The normalized spacial score (nSPS) is 11.0. The molecular formula is C22H24BrN3O2S. The average Bonchev–Trinajstić information content (AvgIpc) is 2.70. The minimum atomic E-state index is -0.0682. The fraction of sp³-hybridized carbons (Fsp3) is 0.318. The van der Waals surface area contributed by atoms with Gasteiger partial charge in [-0.2, -0.15) is 0 Å². The Morgan fingerprint density at radius 2 is 2.00 bits per heavy atom. The van der Waals surface area contributed by atoms with E-state index in [0.717, 1.165) is 16.5 Å². The molecule has 0 saturated heterocycles. The van der Waals surface area contributed by atoms with E-state index in [1.54, 1.807) is 22.6 Å². The second-order valence-electron chi connectivity index (χ2n) is 6.98. The lowest BCUT2D eigenvalue weighted by atomic mass is 10.1. The molecule has 0 atom stereocenters. The van der Waals surface area contributed by atoms with Crippen LogP contribution in [-0.4, -0.2) is 33.2 Å². The first-order valence-corrected chi connectivity index (χ1v) is 11.3. The highest BCUT2D eigenvalue weighted by Crippen LogP contribution is 2.21. The van der Waals surface area contributed by atoms with E-state index < -0.39 is 0 Å². The highest BCUT2D eigenvalue weighted by molar-refractivity contribution is 9.10. The Bertz CT molecular complexity index is 1100. The van der Waals surface area contributed by atoms with Crippen molar-refractivity contribution in [3.63, 3.8) is 0 Å². The average molecular weight is 474 g/mol. The first-order valence-electron chi connectivity index (χ1n) is 9.52. The van der Waals surface area contributed by atoms with Crippen LogP contribution >= 0.6 is 27.7 Å². The number of rotatable bonds is 7. The largest absolute Gasteiger partial charge is 0.341 e. The molecule has 0 saturated carbocycles. The van der Waals surface area contributed by atoms with Gasteiger partial charge in [0.15, 0.2) is 5.16 Å². The van der Waals surface area contributed by atoms with Crippen LogP contribution in [0.4, 0.5) is 0 Å². The molecule has 152 valence electrons. The van der Waals surface area contributed by atoms with Crippen molar-refractivity contribution in [3.05, 3.63) is 68.4 Å². The van der Waals surface area contributed by atoms with Crippen molar-refractivity contribution in [3.8, 4) is 0 Å². The molecule has 0 aliphatic carbocycles. The van der Waals surface area contributed by atoms with Crippen molar-refractivity contribution in [2.75, 3.05) is 12.8 Å². The predicted octanol–water partition coefficient (Wildman–Crippen LogP) is 4.63. The maximum atomic E-state index is 12.9. The molecular weight excluding hydrogens is 450 g/mol. The van der Waals surface area contributed by atoms with Crippen molar-refractivity contribution >= 4 is 44.5 Å². The molecule has 0 N–H and O–H groups in total. The summed E-state index contributed by atoms with van der Waals surface area (Å²) in [4.78, 5) is 32.0. The van der Waals surface area contributed by atoms with Gasteiger partial charge in [0.25, 0.3) is 5.56 Å². The first-order chi connectivity index (χ1) is 13.9. The van der Waals surface area contributed by atoms with Crippen LogP contribution in [-0.2, 0) is 17.9 Å². The maximum Gasteiger partial charge on any atom is 0.262 e. The Morgan fingerprint density at radius 1 is 1.24 bits per heavy atom. The van der Waals surface area contributed by atoms with Gasteiger partial charge in [-0.1, -0.05) is 58.9 Å². The van der Waals surface area contributed by atoms with Crippen molar-refractivity contribution in [1.29, 1.82) is 0 Å². The molecule has 0 aliphatic heterocycles. The zero-order valence-corrected chi connectivity index (χ0v) is 19.2. The molecule has 0 unspecified atom stereocenters.